The van der Waals surface area contributed by atoms with Crippen molar-refractivity contribution in [3.63, 3.8) is 0 Å². The largest absolute Gasteiger partial charge is 0.388 e. The molecule has 18 heavy (non-hydrogen) atoms. The third kappa shape index (κ3) is 3.36. The maximum atomic E-state index is 5.60. The topological polar surface area (TPSA) is 50.9 Å². The van der Waals surface area contributed by atoms with E-state index in [1.807, 2.05) is 23.9 Å². The highest BCUT2D eigenvalue weighted by atomic mass is 32.2. The molecule has 1 saturated carbocycles. The molecule has 0 saturated heterocycles. The second-order valence-electron chi connectivity index (χ2n) is 4.47. The first-order valence-electron chi connectivity index (χ1n) is 6.34. The fourth-order valence-electron chi connectivity index (χ4n) is 2.37. The van der Waals surface area contributed by atoms with Gasteiger partial charge >= 0.3 is 0 Å². The van der Waals surface area contributed by atoms with Gasteiger partial charge in [-0.05, 0) is 30.7 Å². The fourth-order valence-corrected chi connectivity index (χ4v) is 3.68. The van der Waals surface area contributed by atoms with Crippen LogP contribution in [-0.2, 0) is 0 Å². The zero-order valence-corrected chi connectivity index (χ0v) is 12.2. The Bertz CT molecular complexity index is 422. The molecule has 0 spiro atoms. The summed E-state index contributed by atoms with van der Waals surface area (Å²) >= 11 is 7.00. The number of nitrogens with two attached hydrogens (primary N) is 1. The molecule has 1 aromatic rings. The number of nitrogens with one attached hydrogen (secondary N) is 1. The summed E-state index contributed by atoms with van der Waals surface area (Å²) in [7, 11) is 0. The molecule has 0 aromatic carbocycles. The lowest BCUT2D eigenvalue weighted by Gasteiger charge is -2.21. The average Bonchev–Trinajstić information content (AvgIpc) is 2.77. The molecule has 2 atom stereocenters. The van der Waals surface area contributed by atoms with Crippen molar-refractivity contribution in [3.05, 3.63) is 24.0 Å². The second-order valence-corrected chi connectivity index (χ2v) is 6.43. The van der Waals surface area contributed by atoms with Gasteiger partial charge in [0.1, 0.15) is 4.99 Å². The summed E-state index contributed by atoms with van der Waals surface area (Å²) < 4.78 is 0. The molecule has 1 aliphatic carbocycles. The van der Waals surface area contributed by atoms with E-state index in [4.69, 9.17) is 18.0 Å². The monoisotopic (exact) mass is 281 g/mol. The summed E-state index contributed by atoms with van der Waals surface area (Å²) in [4.78, 5) is 4.51. The Labute approximate surface area is 118 Å². The van der Waals surface area contributed by atoms with Crippen molar-refractivity contribution < 1.29 is 0 Å². The SMILES string of the molecule is CCSC1CCCC1Nc1ccnc(C(N)=S)c1. The minimum absolute atomic E-state index is 0.351. The zero-order valence-electron chi connectivity index (χ0n) is 10.6. The van der Waals surface area contributed by atoms with Gasteiger partial charge in [0.2, 0.25) is 0 Å². The van der Waals surface area contributed by atoms with Crippen molar-refractivity contribution >= 4 is 34.7 Å². The summed E-state index contributed by atoms with van der Waals surface area (Å²) in [5.41, 5.74) is 7.36. The minimum atomic E-state index is 0.351. The molecule has 3 nitrogen and oxygen atoms in total. The van der Waals surface area contributed by atoms with E-state index < -0.39 is 0 Å². The van der Waals surface area contributed by atoms with Gasteiger partial charge < -0.3 is 11.1 Å². The van der Waals surface area contributed by atoms with Crippen LogP contribution < -0.4 is 11.1 Å². The third-order valence-electron chi connectivity index (χ3n) is 3.20. The van der Waals surface area contributed by atoms with Crippen LogP contribution in [0.25, 0.3) is 0 Å². The van der Waals surface area contributed by atoms with Crippen LogP contribution in [-0.4, -0.2) is 27.0 Å². The molecule has 2 rings (SSSR count). The average molecular weight is 281 g/mol. The Balaban J connectivity index is 2.04. The minimum Gasteiger partial charge on any atom is -0.388 e. The number of anilines is 1. The number of thiocarbonyl (C=S) groups is 1. The predicted molar refractivity (Wildman–Crippen MR) is 83.3 cm³/mol. The molecule has 1 aromatic heterocycles. The molecule has 0 amide bonds. The Morgan fingerprint density at radius 1 is 1.61 bits per heavy atom. The lowest BCUT2D eigenvalue weighted by atomic mass is 10.2. The summed E-state index contributed by atoms with van der Waals surface area (Å²) in [6, 6.07) is 4.47. The van der Waals surface area contributed by atoms with Crippen LogP contribution in [0.2, 0.25) is 0 Å². The highest BCUT2D eigenvalue weighted by Crippen LogP contribution is 2.32. The van der Waals surface area contributed by atoms with Crippen LogP contribution in [0.1, 0.15) is 31.9 Å². The molecule has 0 aliphatic heterocycles. The normalized spacial score (nSPS) is 22.9. The smallest absolute Gasteiger partial charge is 0.122 e. The summed E-state index contributed by atoms with van der Waals surface area (Å²) in [6.45, 7) is 2.22. The maximum Gasteiger partial charge on any atom is 0.122 e. The van der Waals surface area contributed by atoms with Crippen LogP contribution >= 0.6 is 24.0 Å². The number of rotatable bonds is 5. The van der Waals surface area contributed by atoms with Crippen LogP contribution in [0.4, 0.5) is 5.69 Å². The molecule has 98 valence electrons. The van der Waals surface area contributed by atoms with Crippen molar-refractivity contribution in [2.24, 2.45) is 5.73 Å². The van der Waals surface area contributed by atoms with E-state index in [9.17, 15) is 0 Å². The Hall–Kier alpha value is -0.810. The van der Waals surface area contributed by atoms with Crippen molar-refractivity contribution in [3.8, 4) is 0 Å². The van der Waals surface area contributed by atoms with E-state index in [-0.39, 0.29) is 0 Å². The molecule has 1 heterocycles. The number of hydrogen-bond donors (Lipinski definition) is 2. The van der Waals surface area contributed by atoms with Crippen LogP contribution in [0.5, 0.6) is 0 Å². The fraction of sp³-hybridized carbons (Fsp3) is 0.538. The molecule has 5 heteroatoms. The van der Waals surface area contributed by atoms with E-state index in [0.717, 1.165) is 10.9 Å². The van der Waals surface area contributed by atoms with Gasteiger partial charge in [-0.15, -0.1) is 0 Å². The number of aromatic nitrogens is 1. The molecule has 1 fully saturated rings. The summed E-state index contributed by atoms with van der Waals surface area (Å²) in [6.07, 6.45) is 5.61. The first kappa shape index (κ1) is 13.6. The summed E-state index contributed by atoms with van der Waals surface area (Å²) in [5, 5.41) is 4.31. The number of nitrogens with zero attached hydrogens (tertiary/aromatic N) is 1. The Morgan fingerprint density at radius 3 is 3.17 bits per heavy atom. The molecular formula is C13H19N3S2. The molecule has 3 N–H and O–H groups in total. The third-order valence-corrected chi connectivity index (χ3v) is 4.73. The molecule has 1 aliphatic rings. The molecule has 0 bridgehead atoms. The van der Waals surface area contributed by atoms with Gasteiger partial charge in [-0.1, -0.05) is 25.6 Å². The highest BCUT2D eigenvalue weighted by molar-refractivity contribution is 7.99. The van der Waals surface area contributed by atoms with E-state index in [1.165, 1.54) is 25.0 Å². The van der Waals surface area contributed by atoms with Crippen LogP contribution in [0, 0.1) is 0 Å². The number of hydrogen-bond acceptors (Lipinski definition) is 4. The molecule has 0 radical (unpaired) electrons. The van der Waals surface area contributed by atoms with Gasteiger partial charge in [0.05, 0.1) is 5.69 Å². The number of pyridine rings is 1. The van der Waals surface area contributed by atoms with Crippen LogP contribution in [0.3, 0.4) is 0 Å². The van der Waals surface area contributed by atoms with Gasteiger partial charge in [0, 0.05) is 23.2 Å². The van der Waals surface area contributed by atoms with E-state index in [1.54, 1.807) is 6.20 Å². The predicted octanol–water partition coefficient (Wildman–Crippen LogP) is 2.80. The maximum absolute atomic E-state index is 5.60. The van der Waals surface area contributed by atoms with Gasteiger partial charge in [-0.25, -0.2) is 0 Å². The lowest BCUT2D eigenvalue weighted by molar-refractivity contribution is 0.767. The Kier molecular flexibility index (Phi) is 4.83. The quantitative estimate of drug-likeness (QED) is 0.813. The van der Waals surface area contributed by atoms with Gasteiger partial charge in [0.25, 0.3) is 0 Å². The lowest BCUT2D eigenvalue weighted by Crippen LogP contribution is -2.26. The highest BCUT2D eigenvalue weighted by Gasteiger charge is 2.26. The van der Waals surface area contributed by atoms with Crippen molar-refractivity contribution in [2.75, 3.05) is 11.1 Å². The van der Waals surface area contributed by atoms with Crippen LogP contribution in [0.15, 0.2) is 18.3 Å². The first-order chi connectivity index (χ1) is 8.70. The van der Waals surface area contributed by atoms with E-state index in [0.29, 0.717) is 16.7 Å². The molecular weight excluding hydrogens is 262 g/mol. The van der Waals surface area contributed by atoms with E-state index >= 15 is 0 Å². The van der Waals surface area contributed by atoms with E-state index in [2.05, 4.69) is 17.2 Å². The second kappa shape index (κ2) is 6.38. The Morgan fingerprint density at radius 2 is 2.44 bits per heavy atom. The van der Waals surface area contributed by atoms with Gasteiger partial charge in [-0.2, -0.15) is 11.8 Å². The van der Waals surface area contributed by atoms with Gasteiger partial charge in [0.15, 0.2) is 0 Å². The van der Waals surface area contributed by atoms with Crippen molar-refractivity contribution in [1.29, 1.82) is 0 Å². The number of thioether (sulfide) groups is 1. The van der Waals surface area contributed by atoms with Crippen molar-refractivity contribution in [1.82, 2.24) is 4.98 Å². The van der Waals surface area contributed by atoms with Crippen molar-refractivity contribution in [2.45, 2.75) is 37.5 Å². The van der Waals surface area contributed by atoms with Gasteiger partial charge in [-0.3, -0.25) is 4.98 Å². The standard InChI is InChI=1S/C13H19N3S2/c1-2-18-12-5-3-4-10(12)16-9-6-7-15-11(8-9)13(14)17/h6-8,10,12H,2-5H2,1H3,(H2,14,17)(H,15,16). The summed E-state index contributed by atoms with van der Waals surface area (Å²) in [5.74, 6) is 1.18. The first-order valence-corrected chi connectivity index (χ1v) is 7.80. The molecule has 2 unspecified atom stereocenters. The zero-order chi connectivity index (χ0) is 13.0.